The predicted octanol–water partition coefficient (Wildman–Crippen LogP) is 2.85. The van der Waals surface area contributed by atoms with E-state index in [-0.39, 0.29) is 5.60 Å². The molecule has 0 unspecified atom stereocenters. The molecular formula is C15H25N3O2. The summed E-state index contributed by atoms with van der Waals surface area (Å²) >= 11 is 0. The Hall–Kier alpha value is -0.940. The smallest absolute Gasteiger partial charge is 0.246 e. The molecule has 0 amide bonds. The SMILES string of the molecule is COC1(c2noc(C3(N)CCCC3)n2)CCC(C)CC1. The van der Waals surface area contributed by atoms with Gasteiger partial charge in [-0.3, -0.25) is 0 Å². The van der Waals surface area contributed by atoms with Crippen LogP contribution < -0.4 is 5.73 Å². The molecule has 0 radical (unpaired) electrons. The van der Waals surface area contributed by atoms with E-state index in [9.17, 15) is 0 Å². The molecule has 2 saturated carbocycles. The number of ether oxygens (including phenoxy) is 1. The third kappa shape index (κ3) is 2.27. The molecular weight excluding hydrogens is 254 g/mol. The molecule has 0 spiro atoms. The van der Waals surface area contributed by atoms with E-state index >= 15 is 0 Å². The number of aromatic nitrogens is 2. The van der Waals surface area contributed by atoms with Gasteiger partial charge in [0.2, 0.25) is 11.7 Å². The first-order valence-electron chi connectivity index (χ1n) is 7.77. The van der Waals surface area contributed by atoms with Crippen molar-refractivity contribution in [2.75, 3.05) is 7.11 Å². The van der Waals surface area contributed by atoms with Crippen LogP contribution in [-0.2, 0) is 15.9 Å². The first-order valence-corrected chi connectivity index (χ1v) is 7.77. The van der Waals surface area contributed by atoms with Gasteiger partial charge in [0.05, 0.1) is 5.54 Å². The maximum Gasteiger partial charge on any atom is 0.246 e. The lowest BCUT2D eigenvalue weighted by Gasteiger charge is -2.35. The average molecular weight is 279 g/mol. The van der Waals surface area contributed by atoms with Gasteiger partial charge in [-0.25, -0.2) is 0 Å². The minimum atomic E-state index is -0.415. The van der Waals surface area contributed by atoms with Gasteiger partial charge in [0.1, 0.15) is 5.60 Å². The molecule has 0 aliphatic heterocycles. The summed E-state index contributed by atoms with van der Waals surface area (Å²) in [5.41, 5.74) is 5.61. The van der Waals surface area contributed by atoms with Crippen LogP contribution in [0, 0.1) is 5.92 Å². The summed E-state index contributed by atoms with van der Waals surface area (Å²) in [6.07, 6.45) is 8.36. The van der Waals surface area contributed by atoms with Crippen molar-refractivity contribution in [3.63, 3.8) is 0 Å². The molecule has 112 valence electrons. The third-order valence-electron chi connectivity index (χ3n) is 5.23. The Morgan fingerprint density at radius 3 is 2.45 bits per heavy atom. The minimum Gasteiger partial charge on any atom is -0.370 e. The normalized spacial score (nSPS) is 33.5. The van der Waals surface area contributed by atoms with E-state index in [1.165, 1.54) is 0 Å². The van der Waals surface area contributed by atoms with Crippen LogP contribution in [-0.4, -0.2) is 17.3 Å². The first-order chi connectivity index (χ1) is 9.58. The highest BCUT2D eigenvalue weighted by molar-refractivity contribution is 5.10. The highest BCUT2D eigenvalue weighted by Gasteiger charge is 2.43. The molecule has 1 aromatic rings. The molecule has 5 nitrogen and oxygen atoms in total. The van der Waals surface area contributed by atoms with Crippen molar-refractivity contribution >= 4 is 0 Å². The molecule has 2 aliphatic carbocycles. The second-order valence-corrected chi connectivity index (χ2v) is 6.67. The molecule has 5 heteroatoms. The molecule has 2 aliphatic rings. The Labute approximate surface area is 120 Å². The Morgan fingerprint density at radius 2 is 1.85 bits per heavy atom. The molecule has 2 N–H and O–H groups in total. The Bertz CT molecular complexity index is 457. The zero-order valence-corrected chi connectivity index (χ0v) is 12.5. The van der Waals surface area contributed by atoms with Gasteiger partial charge in [-0.1, -0.05) is 24.9 Å². The third-order valence-corrected chi connectivity index (χ3v) is 5.23. The molecule has 0 bridgehead atoms. The number of hydrogen-bond acceptors (Lipinski definition) is 5. The zero-order chi connectivity index (χ0) is 14.2. The van der Waals surface area contributed by atoms with Gasteiger partial charge in [0, 0.05) is 7.11 Å². The molecule has 0 saturated heterocycles. The lowest BCUT2D eigenvalue weighted by molar-refractivity contribution is -0.0609. The molecule has 2 fully saturated rings. The van der Waals surface area contributed by atoms with Crippen LogP contribution in [0.3, 0.4) is 0 Å². The number of nitrogens with zero attached hydrogens (tertiary/aromatic N) is 2. The Morgan fingerprint density at radius 1 is 1.20 bits per heavy atom. The van der Waals surface area contributed by atoms with Crippen molar-refractivity contribution in [1.82, 2.24) is 10.1 Å². The Balaban J connectivity index is 1.85. The van der Waals surface area contributed by atoms with Gasteiger partial charge in [-0.05, 0) is 44.4 Å². The first kappa shape index (κ1) is 14.0. The van der Waals surface area contributed by atoms with Crippen LogP contribution in [0.2, 0.25) is 0 Å². The van der Waals surface area contributed by atoms with E-state index in [0.29, 0.717) is 11.7 Å². The van der Waals surface area contributed by atoms with Crippen LogP contribution in [0.4, 0.5) is 0 Å². The quantitative estimate of drug-likeness (QED) is 0.921. The second kappa shape index (κ2) is 5.11. The average Bonchev–Trinajstić information content (AvgIpc) is 3.10. The van der Waals surface area contributed by atoms with Crippen LogP contribution in [0.15, 0.2) is 4.52 Å². The summed E-state index contributed by atoms with van der Waals surface area (Å²) in [6.45, 7) is 2.29. The summed E-state index contributed by atoms with van der Waals surface area (Å²) in [4.78, 5) is 4.63. The second-order valence-electron chi connectivity index (χ2n) is 6.67. The fourth-order valence-corrected chi connectivity index (χ4v) is 3.58. The van der Waals surface area contributed by atoms with E-state index in [2.05, 4.69) is 17.1 Å². The van der Waals surface area contributed by atoms with Crippen molar-refractivity contribution in [3.8, 4) is 0 Å². The fraction of sp³-hybridized carbons (Fsp3) is 0.867. The van der Waals surface area contributed by atoms with Crippen molar-refractivity contribution in [1.29, 1.82) is 0 Å². The van der Waals surface area contributed by atoms with Crippen LogP contribution >= 0.6 is 0 Å². The lowest BCUT2D eigenvalue weighted by Crippen LogP contribution is -2.36. The van der Waals surface area contributed by atoms with Gasteiger partial charge in [0.15, 0.2) is 0 Å². The van der Waals surface area contributed by atoms with Crippen molar-refractivity contribution < 1.29 is 9.26 Å². The fourth-order valence-electron chi connectivity index (χ4n) is 3.58. The highest BCUT2D eigenvalue weighted by Crippen LogP contribution is 2.42. The van der Waals surface area contributed by atoms with E-state index in [1.54, 1.807) is 7.11 Å². The van der Waals surface area contributed by atoms with Crippen LogP contribution in [0.25, 0.3) is 0 Å². The van der Waals surface area contributed by atoms with Crippen molar-refractivity contribution in [2.45, 2.75) is 69.4 Å². The molecule has 3 rings (SSSR count). The van der Waals surface area contributed by atoms with E-state index in [1.807, 2.05) is 0 Å². The summed E-state index contributed by atoms with van der Waals surface area (Å²) < 4.78 is 11.3. The van der Waals surface area contributed by atoms with Gasteiger partial charge >= 0.3 is 0 Å². The van der Waals surface area contributed by atoms with Gasteiger partial charge in [0.25, 0.3) is 0 Å². The monoisotopic (exact) mass is 279 g/mol. The Kier molecular flexibility index (Phi) is 3.58. The lowest BCUT2D eigenvalue weighted by atomic mass is 9.79. The summed E-state index contributed by atoms with van der Waals surface area (Å²) in [5, 5.41) is 4.21. The molecule has 1 heterocycles. The zero-order valence-electron chi connectivity index (χ0n) is 12.5. The highest BCUT2D eigenvalue weighted by atomic mass is 16.5. The van der Waals surface area contributed by atoms with Gasteiger partial charge in [-0.15, -0.1) is 0 Å². The van der Waals surface area contributed by atoms with Crippen LogP contribution in [0.5, 0.6) is 0 Å². The molecule has 20 heavy (non-hydrogen) atoms. The van der Waals surface area contributed by atoms with E-state index in [0.717, 1.165) is 57.3 Å². The van der Waals surface area contributed by atoms with Gasteiger partial charge < -0.3 is 15.0 Å². The van der Waals surface area contributed by atoms with Crippen molar-refractivity contribution in [2.24, 2.45) is 11.7 Å². The van der Waals surface area contributed by atoms with E-state index in [4.69, 9.17) is 15.0 Å². The standard InChI is InChI=1S/C15H25N3O2/c1-11-5-9-15(19-2,10-6-11)12-17-13(20-18-12)14(16)7-3-4-8-14/h11H,3-10,16H2,1-2H3. The number of rotatable bonds is 3. The van der Waals surface area contributed by atoms with Crippen LogP contribution in [0.1, 0.15) is 70.0 Å². The number of methoxy groups -OCH3 is 1. The maximum atomic E-state index is 6.39. The topological polar surface area (TPSA) is 74.2 Å². The maximum absolute atomic E-state index is 6.39. The van der Waals surface area contributed by atoms with Crippen molar-refractivity contribution in [3.05, 3.63) is 11.7 Å². The van der Waals surface area contributed by atoms with E-state index < -0.39 is 5.54 Å². The minimum absolute atomic E-state index is 0.372. The van der Waals surface area contributed by atoms with Gasteiger partial charge in [-0.2, -0.15) is 4.98 Å². The summed E-state index contributed by atoms with van der Waals surface area (Å²) in [5.74, 6) is 2.04. The molecule has 0 aromatic carbocycles. The number of hydrogen-bond donors (Lipinski definition) is 1. The largest absolute Gasteiger partial charge is 0.370 e. The molecule has 0 atom stereocenters. The summed E-state index contributed by atoms with van der Waals surface area (Å²) in [6, 6.07) is 0. The molecule has 1 aromatic heterocycles. The predicted molar refractivity (Wildman–Crippen MR) is 75.0 cm³/mol. The number of nitrogens with two attached hydrogens (primary N) is 1. The summed E-state index contributed by atoms with van der Waals surface area (Å²) in [7, 11) is 1.75.